The van der Waals surface area contributed by atoms with Crippen LogP contribution in [-0.4, -0.2) is 62.7 Å². The molecule has 2 rings (SSSR count). The van der Waals surface area contributed by atoms with Crippen molar-refractivity contribution in [2.45, 2.75) is 19.9 Å². The number of morpholine rings is 1. The van der Waals surface area contributed by atoms with Crippen molar-refractivity contribution in [1.29, 1.82) is 0 Å². The largest absolute Gasteiger partial charge is 0.370 e. The highest BCUT2D eigenvalue weighted by atomic mass is 16.5. The Morgan fingerprint density at radius 2 is 2.04 bits per heavy atom. The summed E-state index contributed by atoms with van der Waals surface area (Å²) in [5.74, 6) is 0.277. The average molecular weight is 348 g/mol. The number of carbonyl (C=O) groups excluding carboxylic acids is 2. The minimum Gasteiger partial charge on any atom is -0.370 e. The Hall–Kier alpha value is -1.96. The molecule has 7 heteroatoms. The van der Waals surface area contributed by atoms with Crippen molar-refractivity contribution in [3.05, 3.63) is 24.3 Å². The number of amides is 2. The molecular formula is C18H28N4O3. The van der Waals surface area contributed by atoms with Gasteiger partial charge in [0, 0.05) is 31.0 Å². The molecule has 0 aromatic heterocycles. The van der Waals surface area contributed by atoms with Gasteiger partial charge in [0.05, 0.1) is 6.61 Å². The topological polar surface area (TPSA) is 87.9 Å². The molecule has 0 aliphatic carbocycles. The lowest BCUT2D eigenvalue weighted by Gasteiger charge is -2.28. The van der Waals surface area contributed by atoms with E-state index in [9.17, 15) is 9.59 Å². The van der Waals surface area contributed by atoms with E-state index in [1.165, 1.54) is 0 Å². The van der Waals surface area contributed by atoms with Crippen LogP contribution in [0.2, 0.25) is 0 Å². The molecule has 1 aromatic rings. The van der Waals surface area contributed by atoms with E-state index in [4.69, 9.17) is 10.5 Å². The molecule has 0 bridgehead atoms. The number of nitrogens with one attached hydrogen (secondary N) is 1. The molecule has 1 aliphatic heterocycles. The normalized spacial score (nSPS) is 16.4. The molecule has 138 valence electrons. The van der Waals surface area contributed by atoms with Crippen molar-refractivity contribution in [2.24, 2.45) is 11.7 Å². The van der Waals surface area contributed by atoms with Crippen LogP contribution in [0.25, 0.3) is 0 Å². The molecule has 1 heterocycles. The van der Waals surface area contributed by atoms with Gasteiger partial charge in [-0.25, -0.2) is 0 Å². The first-order valence-corrected chi connectivity index (χ1v) is 8.61. The number of benzene rings is 1. The number of hydrogen-bond acceptors (Lipinski definition) is 5. The van der Waals surface area contributed by atoms with Crippen molar-refractivity contribution in [1.82, 2.24) is 4.90 Å². The standard InChI is InChI=1S/C18H28N4O3/c1-13(2)11-21(3)16(10-19)18(24)20-14-4-6-15(7-5-14)22-8-9-25-12-17(22)23/h4-7,13,16H,8-12,19H2,1-3H3,(H,20,24)/t16-/m0/s1. The van der Waals surface area contributed by atoms with Gasteiger partial charge in [-0.05, 0) is 37.2 Å². The SMILES string of the molecule is CC(C)CN(C)[C@@H](CN)C(=O)Nc1ccc(N2CCOCC2=O)cc1. The molecule has 25 heavy (non-hydrogen) atoms. The molecule has 3 N–H and O–H groups in total. The molecule has 0 spiro atoms. The first kappa shape index (κ1) is 19.4. The number of carbonyl (C=O) groups is 2. The molecule has 1 aromatic carbocycles. The van der Waals surface area contributed by atoms with Gasteiger partial charge in [-0.15, -0.1) is 0 Å². The number of nitrogens with zero attached hydrogens (tertiary/aromatic N) is 2. The Labute approximate surface area is 149 Å². The Morgan fingerprint density at radius 1 is 1.36 bits per heavy atom. The first-order valence-electron chi connectivity index (χ1n) is 8.61. The van der Waals surface area contributed by atoms with Crippen LogP contribution < -0.4 is 16.0 Å². The third-order valence-corrected chi connectivity index (χ3v) is 4.14. The van der Waals surface area contributed by atoms with Crippen molar-refractivity contribution in [3.63, 3.8) is 0 Å². The van der Waals surface area contributed by atoms with Gasteiger partial charge < -0.3 is 20.7 Å². The molecule has 1 atom stereocenters. The van der Waals surface area contributed by atoms with Crippen LogP contribution >= 0.6 is 0 Å². The number of hydrogen-bond donors (Lipinski definition) is 2. The zero-order valence-electron chi connectivity index (χ0n) is 15.2. The summed E-state index contributed by atoms with van der Waals surface area (Å²) in [7, 11) is 1.91. The molecular weight excluding hydrogens is 320 g/mol. The Bertz CT molecular complexity index is 588. The summed E-state index contributed by atoms with van der Waals surface area (Å²) in [4.78, 5) is 28.0. The highest BCUT2D eigenvalue weighted by Gasteiger charge is 2.23. The summed E-state index contributed by atoms with van der Waals surface area (Å²) in [5.41, 5.74) is 7.27. The van der Waals surface area contributed by atoms with Gasteiger partial charge in [0.15, 0.2) is 0 Å². The number of rotatable bonds is 7. The van der Waals surface area contributed by atoms with E-state index < -0.39 is 0 Å². The first-order chi connectivity index (χ1) is 11.9. The molecule has 0 saturated carbocycles. The van der Waals surface area contributed by atoms with Gasteiger partial charge in [0.2, 0.25) is 5.91 Å². The lowest BCUT2D eigenvalue weighted by molar-refractivity contribution is -0.125. The van der Waals surface area contributed by atoms with E-state index in [1.54, 1.807) is 17.0 Å². The van der Waals surface area contributed by atoms with Crippen LogP contribution in [0.15, 0.2) is 24.3 Å². The summed E-state index contributed by atoms with van der Waals surface area (Å²) >= 11 is 0. The second-order valence-electron chi connectivity index (χ2n) is 6.72. The smallest absolute Gasteiger partial charge is 0.253 e. The minimum absolute atomic E-state index is 0.0541. The van der Waals surface area contributed by atoms with Crippen LogP contribution in [0.5, 0.6) is 0 Å². The van der Waals surface area contributed by atoms with E-state index in [0.717, 1.165) is 12.2 Å². The molecule has 0 radical (unpaired) electrons. The summed E-state index contributed by atoms with van der Waals surface area (Å²) in [6, 6.07) is 6.88. The average Bonchev–Trinajstić information content (AvgIpc) is 2.56. The van der Waals surface area contributed by atoms with Crippen molar-refractivity contribution in [2.75, 3.05) is 50.1 Å². The third-order valence-electron chi connectivity index (χ3n) is 4.14. The van der Waals surface area contributed by atoms with Gasteiger partial charge in [-0.3, -0.25) is 14.5 Å². The van der Waals surface area contributed by atoms with Crippen molar-refractivity contribution < 1.29 is 14.3 Å². The maximum absolute atomic E-state index is 12.5. The van der Waals surface area contributed by atoms with Gasteiger partial charge in [-0.1, -0.05) is 13.8 Å². The van der Waals surface area contributed by atoms with Crippen LogP contribution in [0.3, 0.4) is 0 Å². The maximum atomic E-state index is 12.5. The van der Waals surface area contributed by atoms with Gasteiger partial charge in [0.1, 0.15) is 12.6 Å². The molecule has 7 nitrogen and oxygen atoms in total. The number of nitrogens with two attached hydrogens (primary N) is 1. The lowest BCUT2D eigenvalue weighted by atomic mass is 10.1. The highest BCUT2D eigenvalue weighted by Crippen LogP contribution is 2.20. The van der Waals surface area contributed by atoms with Crippen LogP contribution in [-0.2, 0) is 14.3 Å². The highest BCUT2D eigenvalue weighted by molar-refractivity contribution is 5.97. The van der Waals surface area contributed by atoms with Crippen LogP contribution in [0, 0.1) is 5.92 Å². The molecule has 1 aliphatic rings. The second-order valence-corrected chi connectivity index (χ2v) is 6.72. The fourth-order valence-electron chi connectivity index (χ4n) is 2.93. The number of anilines is 2. The Morgan fingerprint density at radius 3 is 2.60 bits per heavy atom. The fourth-order valence-corrected chi connectivity index (χ4v) is 2.93. The predicted octanol–water partition coefficient (Wildman–Crippen LogP) is 0.903. The van der Waals surface area contributed by atoms with Crippen molar-refractivity contribution in [3.8, 4) is 0 Å². The molecule has 1 saturated heterocycles. The molecule has 0 unspecified atom stereocenters. The predicted molar refractivity (Wildman–Crippen MR) is 98.6 cm³/mol. The lowest BCUT2D eigenvalue weighted by Crippen LogP contribution is -2.47. The Kier molecular flexibility index (Phi) is 6.92. The zero-order chi connectivity index (χ0) is 18.4. The Balaban J connectivity index is 1.99. The summed E-state index contributed by atoms with van der Waals surface area (Å²) in [5, 5.41) is 2.90. The summed E-state index contributed by atoms with van der Waals surface area (Å²) in [6.45, 7) is 6.45. The van der Waals surface area contributed by atoms with E-state index in [1.807, 2.05) is 24.1 Å². The van der Waals surface area contributed by atoms with E-state index in [-0.39, 0.29) is 31.0 Å². The zero-order valence-corrected chi connectivity index (χ0v) is 15.2. The summed E-state index contributed by atoms with van der Waals surface area (Å²) in [6.07, 6.45) is 0. The number of ether oxygens (including phenoxy) is 1. The fraction of sp³-hybridized carbons (Fsp3) is 0.556. The van der Waals surface area contributed by atoms with Crippen LogP contribution in [0.1, 0.15) is 13.8 Å². The van der Waals surface area contributed by atoms with Crippen molar-refractivity contribution >= 4 is 23.2 Å². The number of likely N-dealkylation sites (N-methyl/N-ethyl adjacent to an activating group) is 1. The van der Waals surface area contributed by atoms with Crippen LogP contribution in [0.4, 0.5) is 11.4 Å². The maximum Gasteiger partial charge on any atom is 0.253 e. The van der Waals surface area contributed by atoms with Gasteiger partial charge in [-0.2, -0.15) is 0 Å². The monoisotopic (exact) mass is 348 g/mol. The molecule has 2 amide bonds. The third kappa shape index (κ3) is 5.26. The quantitative estimate of drug-likeness (QED) is 0.764. The minimum atomic E-state index is -0.372. The second kappa shape index (κ2) is 8.94. The van der Waals surface area contributed by atoms with Gasteiger partial charge >= 0.3 is 0 Å². The van der Waals surface area contributed by atoms with E-state index >= 15 is 0 Å². The summed E-state index contributed by atoms with van der Waals surface area (Å²) < 4.78 is 5.13. The van der Waals surface area contributed by atoms with E-state index in [0.29, 0.717) is 24.8 Å². The van der Waals surface area contributed by atoms with E-state index in [2.05, 4.69) is 19.2 Å². The van der Waals surface area contributed by atoms with Gasteiger partial charge in [0.25, 0.3) is 5.91 Å². The molecule has 1 fully saturated rings.